The second kappa shape index (κ2) is 2.34. The Morgan fingerprint density at radius 2 is 2.29 bits per heavy atom. The maximum atomic E-state index is 11.5. The lowest BCUT2D eigenvalue weighted by molar-refractivity contribution is -0.117. The maximum Gasteiger partial charge on any atom is 0.224 e. The third-order valence-corrected chi connectivity index (χ3v) is 0.366. The van der Waals surface area contributed by atoms with Gasteiger partial charge in [-0.15, -0.1) is 0 Å². The SMILES string of the molecule is C=C(F)CC(N)=O. The van der Waals surface area contributed by atoms with E-state index in [9.17, 15) is 9.18 Å². The van der Waals surface area contributed by atoms with Crippen LogP contribution in [-0.2, 0) is 4.79 Å². The van der Waals surface area contributed by atoms with Gasteiger partial charge in [-0.05, 0) is 0 Å². The van der Waals surface area contributed by atoms with Crippen molar-refractivity contribution in [3.63, 3.8) is 0 Å². The first-order valence-electron chi connectivity index (χ1n) is 1.74. The van der Waals surface area contributed by atoms with Gasteiger partial charge in [0.25, 0.3) is 0 Å². The summed E-state index contributed by atoms with van der Waals surface area (Å²) >= 11 is 0. The zero-order valence-corrected chi connectivity index (χ0v) is 3.78. The molecule has 2 nitrogen and oxygen atoms in total. The van der Waals surface area contributed by atoms with Crippen LogP contribution < -0.4 is 5.73 Å². The van der Waals surface area contributed by atoms with Gasteiger partial charge in [0.2, 0.25) is 5.91 Å². The highest BCUT2D eigenvalue weighted by atomic mass is 19.1. The highest BCUT2D eigenvalue weighted by Gasteiger charge is 1.93. The van der Waals surface area contributed by atoms with Crippen molar-refractivity contribution >= 4 is 5.91 Å². The summed E-state index contributed by atoms with van der Waals surface area (Å²) in [7, 11) is 0. The number of hydrogen-bond acceptors (Lipinski definition) is 1. The molecule has 0 unspecified atom stereocenters. The fourth-order valence-electron chi connectivity index (χ4n) is 0.189. The molecule has 0 saturated heterocycles. The summed E-state index contributed by atoms with van der Waals surface area (Å²) in [5.41, 5.74) is 4.55. The fourth-order valence-corrected chi connectivity index (χ4v) is 0.189. The molecular weight excluding hydrogens is 97.0 g/mol. The number of primary amides is 1. The maximum absolute atomic E-state index is 11.5. The van der Waals surface area contributed by atoms with Crippen LogP contribution in [0.3, 0.4) is 0 Å². The second-order valence-electron chi connectivity index (χ2n) is 1.16. The number of amides is 1. The Morgan fingerprint density at radius 3 is 2.29 bits per heavy atom. The van der Waals surface area contributed by atoms with E-state index in [1.54, 1.807) is 0 Å². The topological polar surface area (TPSA) is 43.1 Å². The minimum absolute atomic E-state index is 0.361. The van der Waals surface area contributed by atoms with Gasteiger partial charge in [0.15, 0.2) is 0 Å². The van der Waals surface area contributed by atoms with Crippen LogP contribution in [0, 0.1) is 0 Å². The summed E-state index contributed by atoms with van der Waals surface area (Å²) in [5.74, 6) is -1.37. The lowest BCUT2D eigenvalue weighted by atomic mass is 10.4. The Kier molecular flexibility index (Phi) is 2.05. The molecule has 0 aromatic heterocycles. The van der Waals surface area contributed by atoms with Gasteiger partial charge in [-0.2, -0.15) is 0 Å². The first-order chi connectivity index (χ1) is 3.13. The molecule has 0 aliphatic carbocycles. The van der Waals surface area contributed by atoms with Gasteiger partial charge in [0.1, 0.15) is 5.83 Å². The number of carbonyl (C=O) groups is 1. The average Bonchev–Trinajstić information content (AvgIpc) is 1.27. The van der Waals surface area contributed by atoms with E-state index >= 15 is 0 Å². The summed E-state index contributed by atoms with van der Waals surface area (Å²) in [6.45, 7) is 2.83. The smallest absolute Gasteiger partial charge is 0.224 e. The molecule has 0 rings (SSSR count). The van der Waals surface area contributed by atoms with Crippen molar-refractivity contribution in [3.8, 4) is 0 Å². The highest BCUT2D eigenvalue weighted by molar-refractivity contribution is 5.75. The molecule has 0 aliphatic heterocycles. The quantitative estimate of drug-likeness (QED) is 0.538. The van der Waals surface area contributed by atoms with Gasteiger partial charge in [-0.3, -0.25) is 4.79 Å². The zero-order valence-electron chi connectivity index (χ0n) is 3.78. The molecule has 1 amide bonds. The van der Waals surface area contributed by atoms with Crippen molar-refractivity contribution in [2.24, 2.45) is 5.73 Å². The average molecular weight is 103 g/mol. The first-order valence-corrected chi connectivity index (χ1v) is 1.74. The molecule has 0 atom stereocenters. The minimum atomic E-state index is -0.687. The van der Waals surface area contributed by atoms with Gasteiger partial charge in [0, 0.05) is 0 Å². The van der Waals surface area contributed by atoms with Crippen LogP contribution in [0.1, 0.15) is 6.42 Å². The first kappa shape index (κ1) is 6.14. The molecule has 0 aliphatic rings. The van der Waals surface area contributed by atoms with Crippen molar-refractivity contribution in [2.75, 3.05) is 0 Å². The highest BCUT2D eigenvalue weighted by Crippen LogP contribution is 1.94. The van der Waals surface area contributed by atoms with E-state index in [1.807, 2.05) is 0 Å². The van der Waals surface area contributed by atoms with Gasteiger partial charge in [-0.25, -0.2) is 4.39 Å². The minimum Gasteiger partial charge on any atom is -0.369 e. The van der Waals surface area contributed by atoms with E-state index < -0.39 is 11.7 Å². The summed E-state index contributed by atoms with van der Waals surface area (Å²) in [4.78, 5) is 9.73. The van der Waals surface area contributed by atoms with Crippen LogP contribution in [0.25, 0.3) is 0 Å². The van der Waals surface area contributed by atoms with Crippen LogP contribution >= 0.6 is 0 Å². The molecule has 7 heavy (non-hydrogen) atoms. The van der Waals surface area contributed by atoms with Crippen molar-refractivity contribution < 1.29 is 9.18 Å². The molecule has 40 valence electrons. The lowest BCUT2D eigenvalue weighted by Gasteiger charge is -1.83. The van der Waals surface area contributed by atoms with Gasteiger partial charge >= 0.3 is 0 Å². The predicted molar refractivity (Wildman–Crippen MR) is 24.1 cm³/mol. The Balaban J connectivity index is 3.32. The standard InChI is InChI=1S/C4H6FNO/c1-3(5)2-4(6)7/h1-2H2,(H2,6,7). The van der Waals surface area contributed by atoms with E-state index in [4.69, 9.17) is 0 Å². The lowest BCUT2D eigenvalue weighted by Crippen LogP contribution is -2.09. The molecule has 0 spiro atoms. The van der Waals surface area contributed by atoms with E-state index in [0.717, 1.165) is 0 Å². The Morgan fingerprint density at radius 1 is 1.86 bits per heavy atom. The van der Waals surface area contributed by atoms with Crippen molar-refractivity contribution in [1.82, 2.24) is 0 Å². The van der Waals surface area contributed by atoms with E-state index in [-0.39, 0.29) is 6.42 Å². The van der Waals surface area contributed by atoms with Crippen LogP contribution in [0.5, 0.6) is 0 Å². The molecule has 0 radical (unpaired) electrons. The van der Waals surface area contributed by atoms with Crippen molar-refractivity contribution in [3.05, 3.63) is 12.4 Å². The second-order valence-corrected chi connectivity index (χ2v) is 1.16. The van der Waals surface area contributed by atoms with E-state index in [1.165, 1.54) is 0 Å². The number of nitrogens with two attached hydrogens (primary N) is 1. The fraction of sp³-hybridized carbons (Fsp3) is 0.250. The number of carbonyl (C=O) groups excluding carboxylic acids is 1. The normalized spacial score (nSPS) is 8.14. The number of rotatable bonds is 2. The van der Waals surface area contributed by atoms with Gasteiger partial charge in [0.05, 0.1) is 6.42 Å². The summed E-state index contributed by atoms with van der Waals surface area (Å²) < 4.78 is 11.5. The summed E-state index contributed by atoms with van der Waals surface area (Å²) in [6, 6.07) is 0. The largest absolute Gasteiger partial charge is 0.369 e. The van der Waals surface area contributed by atoms with Gasteiger partial charge < -0.3 is 5.73 Å². The predicted octanol–water partition coefficient (Wildman–Crippen LogP) is 0.345. The molecule has 0 fully saturated rings. The monoisotopic (exact) mass is 103 g/mol. The molecule has 2 N–H and O–H groups in total. The Bertz CT molecular complexity index is 87.9. The summed E-state index contributed by atoms with van der Waals surface area (Å²) in [5, 5.41) is 0. The van der Waals surface area contributed by atoms with Crippen LogP contribution in [0.2, 0.25) is 0 Å². The molecule has 0 aromatic rings. The van der Waals surface area contributed by atoms with E-state index in [2.05, 4.69) is 12.3 Å². The van der Waals surface area contributed by atoms with Gasteiger partial charge in [-0.1, -0.05) is 6.58 Å². The molecule has 3 heteroatoms. The van der Waals surface area contributed by atoms with Crippen LogP contribution in [-0.4, -0.2) is 5.91 Å². The Hall–Kier alpha value is -0.860. The molecule has 0 saturated carbocycles. The Labute approximate surface area is 40.8 Å². The van der Waals surface area contributed by atoms with Crippen LogP contribution in [0.15, 0.2) is 12.4 Å². The molecule has 0 heterocycles. The number of hydrogen-bond donors (Lipinski definition) is 1. The third-order valence-electron chi connectivity index (χ3n) is 0.366. The molecule has 0 bridgehead atoms. The molecule has 0 aromatic carbocycles. The van der Waals surface area contributed by atoms with Crippen molar-refractivity contribution in [1.29, 1.82) is 0 Å². The summed E-state index contributed by atoms with van der Waals surface area (Å²) in [6.07, 6.45) is -0.361. The van der Waals surface area contributed by atoms with E-state index in [0.29, 0.717) is 0 Å². The van der Waals surface area contributed by atoms with Crippen LogP contribution in [0.4, 0.5) is 4.39 Å². The molecular formula is C4H6FNO. The zero-order chi connectivity index (χ0) is 5.86. The van der Waals surface area contributed by atoms with Crippen molar-refractivity contribution in [2.45, 2.75) is 6.42 Å². The number of halogens is 1. The third kappa shape index (κ3) is 5.14.